The van der Waals surface area contributed by atoms with Crippen LogP contribution in [-0.4, -0.2) is 74.0 Å². The van der Waals surface area contributed by atoms with Gasteiger partial charge in [-0.1, -0.05) is 13.8 Å². The second-order valence-corrected chi connectivity index (χ2v) is 9.51. The number of aromatic amines is 1. The van der Waals surface area contributed by atoms with Gasteiger partial charge in [0.1, 0.15) is 6.04 Å². The van der Waals surface area contributed by atoms with Gasteiger partial charge in [0.15, 0.2) is 11.2 Å². The fourth-order valence-corrected chi connectivity index (χ4v) is 3.64. The highest BCUT2D eigenvalue weighted by Crippen LogP contribution is 2.26. The highest BCUT2D eigenvalue weighted by atomic mass is 19.4. The number of anilines is 2. The summed E-state index contributed by atoms with van der Waals surface area (Å²) in [5.74, 6) is -6.34. The highest BCUT2D eigenvalue weighted by molar-refractivity contribution is 5.99. The minimum atomic E-state index is -5.32. The molecule has 44 heavy (non-hydrogen) atoms. The number of methoxy groups -OCH3 is 1. The molecule has 1 unspecified atom stereocenters. The molecule has 2 aromatic heterocycles. The number of aromatic nitrogens is 4. The quantitative estimate of drug-likeness (QED) is 0.225. The maximum atomic E-state index is 13.5. The Morgan fingerprint density at radius 2 is 1.75 bits per heavy atom. The van der Waals surface area contributed by atoms with Gasteiger partial charge in [-0.15, -0.1) is 0 Å². The van der Waals surface area contributed by atoms with E-state index in [1.54, 1.807) is 13.8 Å². The monoisotopic (exact) mass is 621 g/mol. The van der Waals surface area contributed by atoms with Crippen molar-refractivity contribution in [3.05, 3.63) is 52.1 Å². The van der Waals surface area contributed by atoms with Crippen molar-refractivity contribution in [2.45, 2.75) is 45.5 Å². The second kappa shape index (κ2) is 13.7. The molecule has 234 valence electrons. The number of rotatable bonds is 11. The van der Waals surface area contributed by atoms with Crippen LogP contribution in [0.3, 0.4) is 0 Å². The standard InChI is InChI=1S/C26H26F3N7O8/c1-12(2)20(39)34-25-33-19-18(22(41)35-25)31-14(10-30-19)11-36(24(43)26(27,28)29)15-6-4-13(5-7-15)21(40)32-16(23(42)44-3)8-9-17(37)38/h4-7,10,12,16H,8-9,11H2,1-3H3,(H,32,40)(H,37,38)(H2,30,33,34,35,39,41). The van der Waals surface area contributed by atoms with Crippen LogP contribution < -0.4 is 21.1 Å². The normalized spacial score (nSPS) is 12.0. The van der Waals surface area contributed by atoms with E-state index in [1.807, 2.05) is 0 Å². The first kappa shape index (κ1) is 33.1. The Balaban J connectivity index is 1.88. The molecule has 3 aromatic rings. The number of hydrogen-bond donors (Lipinski definition) is 4. The Kier molecular flexibility index (Phi) is 10.3. The SMILES string of the molecule is COC(=O)C(CCC(=O)O)NC(=O)c1ccc(N(Cc2cnc3nc(NC(=O)C(C)C)[nH]c(=O)c3n2)C(=O)C(F)(F)F)cc1. The number of hydrogen-bond acceptors (Lipinski definition) is 10. The smallest absolute Gasteiger partial charge is 0.471 e. The summed E-state index contributed by atoms with van der Waals surface area (Å²) in [5.41, 5.74) is -2.07. The van der Waals surface area contributed by atoms with E-state index in [-0.39, 0.29) is 40.5 Å². The van der Waals surface area contributed by atoms with Gasteiger partial charge in [0.05, 0.1) is 25.5 Å². The van der Waals surface area contributed by atoms with E-state index < -0.39 is 66.3 Å². The number of carbonyl (C=O) groups is 5. The first-order valence-electron chi connectivity index (χ1n) is 12.8. The van der Waals surface area contributed by atoms with Crippen molar-refractivity contribution in [2.24, 2.45) is 5.92 Å². The third-order valence-corrected chi connectivity index (χ3v) is 5.92. The van der Waals surface area contributed by atoms with Crippen molar-refractivity contribution in [1.29, 1.82) is 0 Å². The minimum absolute atomic E-state index is 0.124. The molecule has 0 radical (unpaired) electrons. The summed E-state index contributed by atoms with van der Waals surface area (Å²) >= 11 is 0. The van der Waals surface area contributed by atoms with Crippen LogP contribution in [0.2, 0.25) is 0 Å². The van der Waals surface area contributed by atoms with Gasteiger partial charge in [-0.2, -0.15) is 18.2 Å². The van der Waals surface area contributed by atoms with Gasteiger partial charge < -0.3 is 15.2 Å². The number of nitrogens with zero attached hydrogens (tertiary/aromatic N) is 4. The average molecular weight is 622 g/mol. The summed E-state index contributed by atoms with van der Waals surface area (Å²) < 4.78 is 45.1. The molecule has 0 fully saturated rings. The van der Waals surface area contributed by atoms with Crippen LogP contribution in [0, 0.1) is 5.92 Å². The number of benzene rings is 1. The average Bonchev–Trinajstić information content (AvgIpc) is 2.96. The van der Waals surface area contributed by atoms with Crippen LogP contribution in [0.1, 0.15) is 42.7 Å². The van der Waals surface area contributed by atoms with E-state index in [0.29, 0.717) is 4.90 Å². The largest absolute Gasteiger partial charge is 0.481 e. The molecule has 0 bridgehead atoms. The summed E-state index contributed by atoms with van der Waals surface area (Å²) in [6.45, 7) is 2.43. The molecule has 4 N–H and O–H groups in total. The molecule has 3 rings (SSSR count). The van der Waals surface area contributed by atoms with E-state index in [9.17, 15) is 41.9 Å². The van der Waals surface area contributed by atoms with Crippen LogP contribution in [0.15, 0.2) is 35.3 Å². The third kappa shape index (κ3) is 8.33. The van der Waals surface area contributed by atoms with E-state index >= 15 is 0 Å². The van der Waals surface area contributed by atoms with Gasteiger partial charge in [-0.25, -0.2) is 14.8 Å². The molecule has 1 atom stereocenters. The lowest BCUT2D eigenvalue weighted by molar-refractivity contribution is -0.170. The van der Waals surface area contributed by atoms with Crippen LogP contribution in [-0.2, 0) is 30.5 Å². The number of nitrogens with one attached hydrogen (secondary N) is 3. The first-order valence-corrected chi connectivity index (χ1v) is 12.8. The zero-order valence-electron chi connectivity index (χ0n) is 23.4. The summed E-state index contributed by atoms with van der Waals surface area (Å²) in [7, 11) is 1.04. The molecule has 1 aromatic carbocycles. The van der Waals surface area contributed by atoms with Crippen molar-refractivity contribution in [3.8, 4) is 0 Å². The van der Waals surface area contributed by atoms with Gasteiger partial charge in [-0.3, -0.25) is 39.2 Å². The first-order chi connectivity index (χ1) is 20.6. The van der Waals surface area contributed by atoms with Crippen molar-refractivity contribution >= 4 is 52.5 Å². The fraction of sp³-hybridized carbons (Fsp3) is 0.346. The van der Waals surface area contributed by atoms with Crippen LogP contribution >= 0.6 is 0 Å². The van der Waals surface area contributed by atoms with Gasteiger partial charge >= 0.3 is 24.0 Å². The molecular weight excluding hydrogens is 595 g/mol. The zero-order chi connectivity index (χ0) is 32.8. The summed E-state index contributed by atoms with van der Waals surface area (Å²) in [4.78, 5) is 86.8. The summed E-state index contributed by atoms with van der Waals surface area (Å²) in [5, 5.41) is 13.6. The van der Waals surface area contributed by atoms with Crippen LogP contribution in [0.5, 0.6) is 0 Å². The number of aliphatic carboxylic acids is 1. The topological polar surface area (TPSA) is 214 Å². The third-order valence-electron chi connectivity index (χ3n) is 5.92. The number of ether oxygens (including phenoxy) is 1. The maximum Gasteiger partial charge on any atom is 0.471 e. The Hall–Kier alpha value is -5.42. The highest BCUT2D eigenvalue weighted by Gasteiger charge is 2.43. The lowest BCUT2D eigenvalue weighted by atomic mass is 10.1. The Morgan fingerprint density at radius 3 is 2.32 bits per heavy atom. The number of esters is 1. The van der Waals surface area contributed by atoms with Crippen molar-refractivity contribution in [3.63, 3.8) is 0 Å². The molecule has 0 saturated carbocycles. The second-order valence-electron chi connectivity index (χ2n) is 9.51. The van der Waals surface area contributed by atoms with Gasteiger partial charge in [-0.05, 0) is 30.7 Å². The lowest BCUT2D eigenvalue weighted by Crippen LogP contribution is -2.42. The Bertz CT molecular complexity index is 1640. The molecule has 0 aliphatic heterocycles. The number of fused-ring (bicyclic) bond motifs is 1. The number of halogens is 3. The van der Waals surface area contributed by atoms with E-state index in [1.165, 1.54) is 0 Å². The molecule has 0 aliphatic rings. The fourth-order valence-electron chi connectivity index (χ4n) is 3.64. The summed E-state index contributed by atoms with van der Waals surface area (Å²) in [6.07, 6.45) is -5.05. The molecule has 0 aliphatic carbocycles. The number of alkyl halides is 3. The van der Waals surface area contributed by atoms with Crippen LogP contribution in [0.25, 0.3) is 11.2 Å². The molecular formula is C26H26F3N7O8. The number of amides is 3. The van der Waals surface area contributed by atoms with Gasteiger partial charge in [0.25, 0.3) is 11.5 Å². The van der Waals surface area contributed by atoms with Gasteiger partial charge in [0, 0.05) is 23.6 Å². The number of carboxylic acids is 1. The molecule has 0 saturated heterocycles. The maximum absolute atomic E-state index is 13.5. The Labute approximate surface area is 245 Å². The van der Waals surface area contributed by atoms with E-state index in [4.69, 9.17) is 5.11 Å². The predicted octanol–water partition coefficient (Wildman–Crippen LogP) is 1.54. The van der Waals surface area contributed by atoms with Crippen molar-refractivity contribution < 1.29 is 47.0 Å². The molecule has 18 heteroatoms. The zero-order valence-corrected chi connectivity index (χ0v) is 23.4. The van der Waals surface area contributed by atoms with Crippen molar-refractivity contribution in [2.75, 3.05) is 17.3 Å². The number of carboxylic acid groups (broad SMARTS) is 1. The molecule has 2 heterocycles. The van der Waals surface area contributed by atoms with E-state index in [2.05, 4.69) is 35.3 Å². The van der Waals surface area contributed by atoms with Crippen molar-refractivity contribution in [1.82, 2.24) is 25.3 Å². The number of H-pyrrole nitrogens is 1. The van der Waals surface area contributed by atoms with Crippen LogP contribution in [0.4, 0.5) is 24.8 Å². The molecule has 3 amide bonds. The summed E-state index contributed by atoms with van der Waals surface area (Å²) in [6, 6.07) is 2.93. The number of carbonyl (C=O) groups excluding carboxylic acids is 4. The minimum Gasteiger partial charge on any atom is -0.481 e. The predicted molar refractivity (Wildman–Crippen MR) is 145 cm³/mol. The Morgan fingerprint density at radius 1 is 1.09 bits per heavy atom. The molecule has 15 nitrogen and oxygen atoms in total. The van der Waals surface area contributed by atoms with E-state index in [0.717, 1.165) is 37.6 Å². The lowest BCUT2D eigenvalue weighted by Gasteiger charge is -2.24. The molecule has 0 spiro atoms. The van der Waals surface area contributed by atoms with Gasteiger partial charge in [0.2, 0.25) is 11.9 Å².